The maximum atomic E-state index is 11.3. The van der Waals surface area contributed by atoms with Crippen molar-refractivity contribution in [2.75, 3.05) is 6.61 Å². The Hall–Kier alpha value is -0.540. The second-order valence-corrected chi connectivity index (χ2v) is 3.74. The van der Waals surface area contributed by atoms with Gasteiger partial charge in [0.1, 0.15) is 6.04 Å². The van der Waals surface area contributed by atoms with Crippen LogP contribution in [-0.2, 0) is 9.53 Å². The molecule has 0 saturated carbocycles. The van der Waals surface area contributed by atoms with Crippen LogP contribution in [0.5, 0.6) is 0 Å². The third-order valence-electron chi connectivity index (χ3n) is 2.55. The summed E-state index contributed by atoms with van der Waals surface area (Å²) < 4.78 is 4.86. The van der Waals surface area contributed by atoms with E-state index in [2.05, 4.69) is 12.2 Å². The molecule has 0 amide bonds. The van der Waals surface area contributed by atoms with E-state index in [0.29, 0.717) is 12.5 Å². The van der Waals surface area contributed by atoms with Crippen LogP contribution >= 0.6 is 12.4 Å². The van der Waals surface area contributed by atoms with E-state index in [1.807, 2.05) is 0 Å². The highest BCUT2D eigenvalue weighted by molar-refractivity contribution is 5.85. The lowest BCUT2D eigenvalue weighted by molar-refractivity contribution is -0.145. The fourth-order valence-corrected chi connectivity index (χ4v) is 1.78. The van der Waals surface area contributed by atoms with Crippen LogP contribution < -0.4 is 5.73 Å². The van der Waals surface area contributed by atoms with Gasteiger partial charge in [0, 0.05) is 0 Å². The highest BCUT2D eigenvalue weighted by Gasteiger charge is 2.20. The van der Waals surface area contributed by atoms with Gasteiger partial charge >= 0.3 is 5.97 Å². The Morgan fingerprint density at radius 1 is 1.60 bits per heavy atom. The van der Waals surface area contributed by atoms with Crippen LogP contribution in [0.1, 0.15) is 32.6 Å². The first-order valence-corrected chi connectivity index (χ1v) is 5.31. The fraction of sp³-hybridized carbons (Fsp3) is 0.727. The number of carbonyl (C=O) groups is 1. The van der Waals surface area contributed by atoms with Crippen LogP contribution in [0, 0.1) is 5.92 Å². The number of rotatable bonds is 4. The molecule has 4 heteroatoms. The Balaban J connectivity index is 0.00000196. The first kappa shape index (κ1) is 14.5. The number of ether oxygens (including phenoxy) is 1. The molecule has 15 heavy (non-hydrogen) atoms. The Labute approximate surface area is 97.5 Å². The number of carbonyl (C=O) groups excluding carboxylic acids is 1. The number of hydrogen-bond donors (Lipinski definition) is 1. The monoisotopic (exact) mass is 233 g/mol. The summed E-state index contributed by atoms with van der Waals surface area (Å²) in [6.07, 6.45) is 8.42. The molecule has 0 aromatic carbocycles. The van der Waals surface area contributed by atoms with E-state index in [9.17, 15) is 4.79 Å². The van der Waals surface area contributed by atoms with Crippen molar-refractivity contribution in [2.45, 2.75) is 38.6 Å². The zero-order chi connectivity index (χ0) is 10.4. The Bertz CT molecular complexity index is 219. The third kappa shape index (κ3) is 5.19. The number of nitrogens with two attached hydrogens (primary N) is 1. The topological polar surface area (TPSA) is 52.3 Å². The van der Waals surface area contributed by atoms with Crippen molar-refractivity contribution in [1.29, 1.82) is 0 Å². The summed E-state index contributed by atoms with van der Waals surface area (Å²) in [7, 11) is 0. The van der Waals surface area contributed by atoms with Crippen LogP contribution in [0.15, 0.2) is 12.2 Å². The van der Waals surface area contributed by atoms with E-state index in [-0.39, 0.29) is 18.4 Å². The average molecular weight is 234 g/mol. The second kappa shape index (κ2) is 7.71. The normalized spacial score (nSPS) is 21.6. The summed E-state index contributed by atoms with van der Waals surface area (Å²) in [6, 6.07) is -0.438. The molecule has 0 bridgehead atoms. The van der Waals surface area contributed by atoms with Crippen molar-refractivity contribution in [3.63, 3.8) is 0 Å². The van der Waals surface area contributed by atoms with Gasteiger partial charge in [-0.25, -0.2) is 0 Å². The minimum Gasteiger partial charge on any atom is -0.465 e. The van der Waals surface area contributed by atoms with Crippen LogP contribution in [0.2, 0.25) is 0 Å². The minimum atomic E-state index is -0.438. The zero-order valence-corrected chi connectivity index (χ0v) is 9.96. The molecule has 2 N–H and O–H groups in total. The van der Waals surface area contributed by atoms with Crippen molar-refractivity contribution in [1.82, 2.24) is 0 Å². The van der Waals surface area contributed by atoms with Gasteiger partial charge in [-0.2, -0.15) is 0 Å². The molecule has 0 aromatic heterocycles. The molecule has 2 atom stereocenters. The van der Waals surface area contributed by atoms with Crippen LogP contribution in [0.3, 0.4) is 0 Å². The van der Waals surface area contributed by atoms with E-state index >= 15 is 0 Å². The average Bonchev–Trinajstić information content (AvgIpc) is 2.19. The molecule has 1 aliphatic rings. The van der Waals surface area contributed by atoms with Crippen molar-refractivity contribution >= 4 is 18.4 Å². The van der Waals surface area contributed by atoms with Gasteiger partial charge in [-0.3, -0.25) is 4.79 Å². The zero-order valence-electron chi connectivity index (χ0n) is 9.15. The summed E-state index contributed by atoms with van der Waals surface area (Å²) >= 11 is 0. The Morgan fingerprint density at radius 3 is 2.87 bits per heavy atom. The number of halogens is 1. The van der Waals surface area contributed by atoms with Crippen molar-refractivity contribution < 1.29 is 9.53 Å². The number of hydrogen-bond acceptors (Lipinski definition) is 3. The van der Waals surface area contributed by atoms with Gasteiger partial charge in [0.25, 0.3) is 0 Å². The minimum absolute atomic E-state index is 0. The van der Waals surface area contributed by atoms with E-state index in [1.54, 1.807) is 6.92 Å². The maximum absolute atomic E-state index is 11.3. The van der Waals surface area contributed by atoms with Gasteiger partial charge in [0.05, 0.1) is 6.61 Å². The highest BCUT2D eigenvalue weighted by Crippen LogP contribution is 2.22. The van der Waals surface area contributed by atoms with Gasteiger partial charge in [-0.1, -0.05) is 12.2 Å². The predicted octanol–water partition coefficient (Wildman–Crippen LogP) is 2.05. The Morgan fingerprint density at radius 2 is 2.33 bits per heavy atom. The smallest absolute Gasteiger partial charge is 0.322 e. The summed E-state index contributed by atoms with van der Waals surface area (Å²) in [4.78, 5) is 11.3. The summed E-state index contributed by atoms with van der Waals surface area (Å²) in [5, 5.41) is 0. The SMILES string of the molecule is CCOC(=O)C(N)CC1CC=CCC1.Cl. The quantitative estimate of drug-likeness (QED) is 0.597. The predicted molar refractivity (Wildman–Crippen MR) is 63.0 cm³/mol. The molecule has 0 fully saturated rings. The second-order valence-electron chi connectivity index (χ2n) is 3.74. The molecule has 0 spiro atoms. The molecular formula is C11H20ClNO2. The van der Waals surface area contributed by atoms with E-state index < -0.39 is 6.04 Å². The largest absolute Gasteiger partial charge is 0.465 e. The summed E-state index contributed by atoms with van der Waals surface area (Å²) in [6.45, 7) is 2.21. The first-order chi connectivity index (χ1) is 6.74. The van der Waals surface area contributed by atoms with Gasteiger partial charge in [0.15, 0.2) is 0 Å². The van der Waals surface area contributed by atoms with Gasteiger partial charge < -0.3 is 10.5 Å². The molecule has 0 aromatic rings. The molecular weight excluding hydrogens is 214 g/mol. The highest BCUT2D eigenvalue weighted by atomic mass is 35.5. The molecule has 1 rings (SSSR count). The molecule has 3 nitrogen and oxygen atoms in total. The lowest BCUT2D eigenvalue weighted by Crippen LogP contribution is -2.34. The number of allylic oxidation sites excluding steroid dienone is 2. The summed E-state index contributed by atoms with van der Waals surface area (Å²) in [5.41, 5.74) is 5.74. The maximum Gasteiger partial charge on any atom is 0.322 e. The van der Waals surface area contributed by atoms with E-state index in [0.717, 1.165) is 25.7 Å². The lowest BCUT2D eigenvalue weighted by Gasteiger charge is -2.20. The summed E-state index contributed by atoms with van der Waals surface area (Å²) in [5.74, 6) is 0.293. The lowest BCUT2D eigenvalue weighted by atomic mass is 9.89. The fourth-order valence-electron chi connectivity index (χ4n) is 1.78. The third-order valence-corrected chi connectivity index (χ3v) is 2.55. The van der Waals surface area contributed by atoms with Crippen LogP contribution in [0.25, 0.3) is 0 Å². The van der Waals surface area contributed by atoms with Crippen LogP contribution in [-0.4, -0.2) is 18.6 Å². The molecule has 0 aliphatic heterocycles. The van der Waals surface area contributed by atoms with Crippen molar-refractivity contribution in [3.05, 3.63) is 12.2 Å². The molecule has 1 aliphatic carbocycles. The molecule has 0 radical (unpaired) electrons. The molecule has 88 valence electrons. The number of esters is 1. The van der Waals surface area contributed by atoms with Gasteiger partial charge in [-0.15, -0.1) is 12.4 Å². The first-order valence-electron chi connectivity index (χ1n) is 5.31. The van der Waals surface area contributed by atoms with E-state index in [4.69, 9.17) is 10.5 Å². The molecule has 0 saturated heterocycles. The molecule has 0 heterocycles. The standard InChI is InChI=1S/C11H19NO2.ClH/c1-2-14-11(13)10(12)8-9-6-4-3-5-7-9;/h3-4,9-10H,2,5-8,12H2,1H3;1H. The van der Waals surface area contributed by atoms with E-state index in [1.165, 1.54) is 0 Å². The van der Waals surface area contributed by atoms with Gasteiger partial charge in [-0.05, 0) is 38.5 Å². The molecule has 2 unspecified atom stereocenters. The van der Waals surface area contributed by atoms with Gasteiger partial charge in [0.2, 0.25) is 0 Å². The van der Waals surface area contributed by atoms with Crippen molar-refractivity contribution in [2.24, 2.45) is 11.7 Å². The Kier molecular flexibility index (Phi) is 7.44. The van der Waals surface area contributed by atoms with Crippen molar-refractivity contribution in [3.8, 4) is 0 Å². The van der Waals surface area contributed by atoms with Crippen LogP contribution in [0.4, 0.5) is 0 Å².